The molecule has 0 radical (unpaired) electrons. The normalized spacial score (nSPS) is 55.8. The zero-order valence-electron chi connectivity index (χ0n) is 40.2. The second-order valence-electron chi connectivity index (χ2n) is 23.2. The summed E-state index contributed by atoms with van der Waals surface area (Å²) in [5.74, 6) is 0.159. The Morgan fingerprint density at radius 3 is 1.72 bits per heavy atom. The van der Waals surface area contributed by atoms with Crippen LogP contribution in [0.5, 0.6) is 0 Å². The van der Waals surface area contributed by atoms with E-state index in [1.54, 1.807) is 0 Å². The fourth-order valence-electron chi connectivity index (χ4n) is 15.4. The summed E-state index contributed by atoms with van der Waals surface area (Å²) in [6.07, 6.45) is -16.2. The summed E-state index contributed by atoms with van der Waals surface area (Å²) in [6, 6.07) is 0. The van der Waals surface area contributed by atoms with Crippen LogP contribution in [0, 0.1) is 50.7 Å². The minimum Gasteiger partial charge on any atom is -0.396 e. The number of aliphatic hydroxyl groups excluding tert-OH is 13. The molecule has 0 amide bonds. The highest BCUT2D eigenvalue weighted by Gasteiger charge is 2.71. The molecule has 1 spiro atoms. The molecule has 4 aliphatic heterocycles. The van der Waals surface area contributed by atoms with Gasteiger partial charge in [0.15, 0.2) is 18.9 Å². The molecule has 27 atom stereocenters. The number of aliphatic hydroxyl groups is 13. The summed E-state index contributed by atoms with van der Waals surface area (Å²) in [6.45, 7) is 9.52. The molecule has 8 aliphatic rings. The average Bonchev–Trinajstić information content (AvgIpc) is 3.33. The monoisotopic (exact) mass is 979 g/mol. The van der Waals surface area contributed by atoms with Crippen molar-refractivity contribution in [2.45, 2.75) is 209 Å². The Balaban J connectivity index is 0.933. The SMILES string of the molecule is C[C@H](CO[C@@H]1O[C@H](CO)[C@@H](O)[C@H](O)[C@H]1O)[C@H]1CC[C@@]2(CC[C@]3(C)[C@H](CC[C@@H]4[C@@]5(C)CC[C@H](O[C@@H]6O[C@H](CO)[C@@H](O)[C@H](O)[C@H]6OC6O[C@H](CO)[C@@H](O)[C@H](O)[C@H]6O)[C@@](C)(CO)[C@@H]5CC[C@]43C)[C@H]2O)CO1. The van der Waals surface area contributed by atoms with Gasteiger partial charge in [0.2, 0.25) is 0 Å². The number of rotatable bonds is 12. The molecule has 13 N–H and O–H groups in total. The lowest BCUT2D eigenvalue weighted by Crippen LogP contribution is -2.69. The Morgan fingerprint density at radius 1 is 0.544 bits per heavy atom. The summed E-state index contributed by atoms with van der Waals surface area (Å²) in [5.41, 5.74) is -1.81. The first kappa shape index (κ1) is 53.5. The lowest BCUT2D eigenvalue weighted by atomic mass is 9.33. The zero-order valence-corrected chi connectivity index (χ0v) is 40.2. The van der Waals surface area contributed by atoms with Crippen LogP contribution >= 0.6 is 0 Å². The zero-order chi connectivity index (χ0) is 49.5. The number of ether oxygens (including phenoxy) is 7. The van der Waals surface area contributed by atoms with E-state index in [1.807, 2.05) is 13.8 Å². The highest BCUT2D eigenvalue weighted by molar-refractivity contribution is 5.19. The molecule has 4 saturated carbocycles. The lowest BCUT2D eigenvalue weighted by molar-refractivity contribution is -0.380. The molecular formula is C48H82O20. The summed E-state index contributed by atoms with van der Waals surface area (Å²) >= 11 is 0. The van der Waals surface area contributed by atoms with E-state index in [0.717, 1.165) is 51.4 Å². The summed E-state index contributed by atoms with van der Waals surface area (Å²) in [4.78, 5) is 0. The van der Waals surface area contributed by atoms with Gasteiger partial charge >= 0.3 is 0 Å². The molecule has 0 aromatic rings. The molecule has 4 aliphatic carbocycles. The van der Waals surface area contributed by atoms with Gasteiger partial charge in [0.25, 0.3) is 0 Å². The third kappa shape index (κ3) is 8.66. The molecule has 20 nitrogen and oxygen atoms in total. The van der Waals surface area contributed by atoms with Gasteiger partial charge in [-0.15, -0.1) is 0 Å². The van der Waals surface area contributed by atoms with Gasteiger partial charge in [-0.1, -0.05) is 34.6 Å². The smallest absolute Gasteiger partial charge is 0.187 e. The molecule has 394 valence electrons. The van der Waals surface area contributed by atoms with E-state index < -0.39 is 135 Å². The highest BCUT2D eigenvalue weighted by Crippen LogP contribution is 2.75. The topological polar surface area (TPSA) is 328 Å². The second-order valence-corrected chi connectivity index (χ2v) is 23.2. The first-order valence-electron chi connectivity index (χ1n) is 25.2. The molecular weight excluding hydrogens is 897 g/mol. The second kappa shape index (κ2) is 20.1. The van der Waals surface area contributed by atoms with E-state index >= 15 is 0 Å². The van der Waals surface area contributed by atoms with Gasteiger partial charge in [-0.3, -0.25) is 0 Å². The van der Waals surface area contributed by atoms with Crippen molar-refractivity contribution in [1.82, 2.24) is 0 Å². The van der Waals surface area contributed by atoms with Gasteiger partial charge in [-0.05, 0) is 98.2 Å². The predicted octanol–water partition coefficient (Wildman–Crippen LogP) is -1.98. The molecule has 0 aromatic carbocycles. The molecule has 20 heteroatoms. The highest BCUT2D eigenvalue weighted by atomic mass is 16.8. The summed E-state index contributed by atoms with van der Waals surface area (Å²) in [5, 5.41) is 138. The largest absolute Gasteiger partial charge is 0.396 e. The average molecular weight is 979 g/mol. The van der Waals surface area contributed by atoms with Crippen LogP contribution in [0.4, 0.5) is 0 Å². The van der Waals surface area contributed by atoms with E-state index in [0.29, 0.717) is 19.4 Å². The first-order chi connectivity index (χ1) is 32.1. The molecule has 68 heavy (non-hydrogen) atoms. The number of fused-ring (bicyclic) bond motifs is 5. The van der Waals surface area contributed by atoms with Gasteiger partial charge < -0.3 is 99.5 Å². The summed E-state index contributed by atoms with van der Waals surface area (Å²) < 4.78 is 42.3. The molecule has 8 fully saturated rings. The van der Waals surface area contributed by atoms with E-state index in [9.17, 15) is 66.4 Å². The van der Waals surface area contributed by atoms with Crippen LogP contribution in [0.25, 0.3) is 0 Å². The van der Waals surface area contributed by atoms with E-state index in [4.69, 9.17) is 33.2 Å². The van der Waals surface area contributed by atoms with Gasteiger partial charge in [0, 0.05) is 16.7 Å². The minimum atomic E-state index is -1.81. The maximum Gasteiger partial charge on any atom is 0.187 e. The third-order valence-electron chi connectivity index (χ3n) is 20.0. The fraction of sp³-hybridized carbons (Fsp3) is 1.00. The van der Waals surface area contributed by atoms with Gasteiger partial charge in [0.1, 0.15) is 73.2 Å². The van der Waals surface area contributed by atoms with E-state index in [2.05, 4.69) is 20.8 Å². The van der Waals surface area contributed by atoms with Gasteiger partial charge in [-0.25, -0.2) is 0 Å². The fourth-order valence-corrected chi connectivity index (χ4v) is 15.4. The predicted molar refractivity (Wildman–Crippen MR) is 234 cm³/mol. The number of hydrogen-bond donors (Lipinski definition) is 13. The Bertz CT molecular complexity index is 1690. The van der Waals surface area contributed by atoms with Crippen molar-refractivity contribution in [1.29, 1.82) is 0 Å². The van der Waals surface area contributed by atoms with Crippen LogP contribution in [0.2, 0.25) is 0 Å². The van der Waals surface area contributed by atoms with Crippen molar-refractivity contribution < 1.29 is 99.5 Å². The van der Waals surface area contributed by atoms with Crippen molar-refractivity contribution in [3.63, 3.8) is 0 Å². The molecule has 0 bridgehead atoms. The minimum absolute atomic E-state index is 0.0234. The van der Waals surface area contributed by atoms with Crippen LogP contribution in [-0.4, -0.2) is 216 Å². The molecule has 4 heterocycles. The van der Waals surface area contributed by atoms with Crippen LogP contribution < -0.4 is 0 Å². The molecule has 4 saturated heterocycles. The van der Waals surface area contributed by atoms with Crippen molar-refractivity contribution in [3.05, 3.63) is 0 Å². The van der Waals surface area contributed by atoms with Crippen molar-refractivity contribution in [2.75, 3.05) is 39.6 Å². The van der Waals surface area contributed by atoms with Crippen molar-refractivity contribution in [2.24, 2.45) is 50.7 Å². The van der Waals surface area contributed by atoms with Crippen LogP contribution in [0.1, 0.15) is 98.8 Å². The third-order valence-corrected chi connectivity index (χ3v) is 20.0. The quantitative estimate of drug-likeness (QED) is 0.0943. The Hall–Kier alpha value is -0.800. The molecule has 8 rings (SSSR count). The summed E-state index contributed by atoms with van der Waals surface area (Å²) in [7, 11) is 0. The van der Waals surface area contributed by atoms with Crippen LogP contribution in [0.15, 0.2) is 0 Å². The van der Waals surface area contributed by atoms with Crippen molar-refractivity contribution in [3.8, 4) is 0 Å². The maximum absolute atomic E-state index is 12.6. The van der Waals surface area contributed by atoms with Gasteiger partial charge in [-0.2, -0.15) is 0 Å². The molecule has 0 aromatic heterocycles. The van der Waals surface area contributed by atoms with Crippen LogP contribution in [0.3, 0.4) is 0 Å². The van der Waals surface area contributed by atoms with Crippen molar-refractivity contribution >= 4 is 0 Å². The van der Waals surface area contributed by atoms with E-state index in [1.165, 1.54) is 0 Å². The standard InChI is InChI=1S/C48H82O20/c1-22(19-62-41-37(59)34(56)31(53)25(16-49)64-41)24-8-13-48(21-63-24)15-14-46(4)23(40(48)61)6-7-29-44(2)11-10-30(45(3,20-52)28(44)9-12-47(29,46)5)67-43-39(36(58)33(55)27(18-51)66-43)68-42-38(60)35(57)32(54)26(17-50)65-42/h22-43,49-61H,6-21H2,1-5H3/t22-,23-,24-,25-,26-,27-,28-,29-,30+,31-,32-,33-,34+,35+,36+,37-,38-,39-,40-,41-,42?,43+,44+,45+,46-,47-,48-/m1/s1. The molecule has 1 unspecified atom stereocenters. The first-order valence-corrected chi connectivity index (χ1v) is 25.2. The Morgan fingerprint density at radius 2 is 1.13 bits per heavy atom. The van der Waals surface area contributed by atoms with E-state index in [-0.39, 0.29) is 59.2 Å². The van der Waals surface area contributed by atoms with Gasteiger partial charge in [0.05, 0.1) is 58.0 Å². The maximum atomic E-state index is 12.6. The Kier molecular flexibility index (Phi) is 15.8. The van der Waals surface area contributed by atoms with Crippen LogP contribution in [-0.2, 0) is 33.2 Å². The Labute approximate surface area is 398 Å². The lowest BCUT2D eigenvalue weighted by Gasteiger charge is -2.73. The number of hydrogen-bond acceptors (Lipinski definition) is 20.